The molecule has 0 aromatic carbocycles. The van der Waals surface area contributed by atoms with Gasteiger partial charge >= 0.3 is 0 Å². The maximum atomic E-state index is 12.4. The zero-order valence-electron chi connectivity index (χ0n) is 14.5. The van der Waals surface area contributed by atoms with Crippen molar-refractivity contribution in [3.8, 4) is 0 Å². The molecule has 1 N–H and O–H groups in total. The molecule has 23 heavy (non-hydrogen) atoms. The first-order chi connectivity index (χ1) is 10.8. The second kappa shape index (κ2) is 6.85. The number of aliphatic hydroxyl groups is 1. The van der Waals surface area contributed by atoms with Crippen molar-refractivity contribution in [2.75, 3.05) is 0 Å². The lowest BCUT2D eigenvalue weighted by Gasteiger charge is -2.34. The van der Waals surface area contributed by atoms with E-state index < -0.39 is 5.60 Å². The van der Waals surface area contributed by atoms with Crippen LogP contribution in [-0.2, 0) is 14.4 Å². The molecule has 128 valence electrons. The highest BCUT2D eigenvalue weighted by Crippen LogP contribution is 2.41. The molecular weight excluding hydrogens is 294 g/mol. The second-order valence-electron chi connectivity index (χ2n) is 7.00. The second-order valence-corrected chi connectivity index (χ2v) is 7.00. The summed E-state index contributed by atoms with van der Waals surface area (Å²) in [7, 11) is 0. The number of hydrogen-bond acceptors (Lipinski definition) is 5. The first kappa shape index (κ1) is 17.7. The van der Waals surface area contributed by atoms with E-state index in [0.29, 0.717) is 25.2 Å². The third-order valence-electron chi connectivity index (χ3n) is 5.15. The fraction of sp³-hybridized carbons (Fsp3) is 0.722. The van der Waals surface area contributed by atoms with Crippen LogP contribution in [-0.4, -0.2) is 28.0 Å². The van der Waals surface area contributed by atoms with Crippen LogP contribution in [0.15, 0.2) is 16.5 Å². The summed E-state index contributed by atoms with van der Waals surface area (Å²) in [6.07, 6.45) is 3.17. The maximum Gasteiger partial charge on any atom is 0.170 e. The Morgan fingerprint density at radius 1 is 1.35 bits per heavy atom. The summed E-state index contributed by atoms with van der Waals surface area (Å²) in [5.41, 5.74) is 0.411. The monoisotopic (exact) mass is 321 g/mol. The molecule has 0 aromatic heterocycles. The first-order valence-corrected chi connectivity index (χ1v) is 8.55. The molecule has 0 radical (unpaired) electrons. The molecule has 1 heterocycles. The number of carbonyl (C=O) groups excluding carboxylic acids is 2. The number of ketones is 2. The molecule has 0 saturated heterocycles. The van der Waals surface area contributed by atoms with Gasteiger partial charge in [-0.25, -0.2) is 0 Å². The van der Waals surface area contributed by atoms with Crippen LogP contribution in [0.2, 0.25) is 0 Å². The van der Waals surface area contributed by atoms with Gasteiger partial charge in [0.05, 0.1) is 11.3 Å². The molecule has 0 spiro atoms. The Kier molecular flexibility index (Phi) is 5.27. The number of nitrogens with zero attached hydrogens (tertiary/aromatic N) is 1. The van der Waals surface area contributed by atoms with E-state index in [9.17, 15) is 14.7 Å². The molecule has 1 aliphatic carbocycles. The topological polar surface area (TPSA) is 76.0 Å². The van der Waals surface area contributed by atoms with E-state index in [4.69, 9.17) is 4.84 Å². The Labute approximate surface area is 137 Å². The highest BCUT2D eigenvalue weighted by atomic mass is 16.7. The van der Waals surface area contributed by atoms with Crippen molar-refractivity contribution in [2.45, 2.75) is 71.8 Å². The van der Waals surface area contributed by atoms with Gasteiger partial charge in [0, 0.05) is 31.6 Å². The lowest BCUT2D eigenvalue weighted by atomic mass is 9.72. The predicted molar refractivity (Wildman–Crippen MR) is 88.3 cm³/mol. The molecule has 1 saturated carbocycles. The number of carbonyl (C=O) groups is 2. The summed E-state index contributed by atoms with van der Waals surface area (Å²) >= 11 is 0. The molecule has 5 nitrogen and oxygen atoms in total. The third-order valence-corrected chi connectivity index (χ3v) is 5.15. The molecule has 0 bridgehead atoms. The lowest BCUT2D eigenvalue weighted by molar-refractivity contribution is -0.132. The van der Waals surface area contributed by atoms with Crippen molar-refractivity contribution in [3.05, 3.63) is 11.3 Å². The molecule has 2 aliphatic rings. The van der Waals surface area contributed by atoms with Crippen LogP contribution in [0.5, 0.6) is 0 Å². The van der Waals surface area contributed by atoms with Crippen molar-refractivity contribution in [3.63, 3.8) is 0 Å². The van der Waals surface area contributed by atoms with Gasteiger partial charge in [-0.05, 0) is 25.7 Å². The average molecular weight is 321 g/mol. The zero-order chi connectivity index (χ0) is 17.2. The van der Waals surface area contributed by atoms with E-state index >= 15 is 0 Å². The first-order valence-electron chi connectivity index (χ1n) is 8.55. The van der Waals surface area contributed by atoms with E-state index in [1.54, 1.807) is 0 Å². The van der Waals surface area contributed by atoms with Gasteiger partial charge in [-0.3, -0.25) is 9.59 Å². The minimum Gasteiger partial charge on any atom is -0.511 e. The number of Topliss-reactive ketones (excluding diaryl/α,β-unsaturated/α-hetero) is 2. The Bertz CT molecular complexity index is 543. The van der Waals surface area contributed by atoms with Crippen LogP contribution in [0.3, 0.4) is 0 Å². The average Bonchev–Trinajstić information content (AvgIpc) is 2.90. The van der Waals surface area contributed by atoms with Crippen LogP contribution in [0.4, 0.5) is 0 Å². The number of rotatable bonds is 5. The summed E-state index contributed by atoms with van der Waals surface area (Å²) < 4.78 is 0. The van der Waals surface area contributed by atoms with Crippen molar-refractivity contribution in [1.82, 2.24) is 0 Å². The SMILES string of the molecule is CCCC(O)=C1C(=O)CC(C2(C)CC(C(C)CC)=NO2)CC1=O. The number of hydrogen-bond donors (Lipinski definition) is 1. The van der Waals surface area contributed by atoms with Gasteiger partial charge in [0.25, 0.3) is 0 Å². The minimum absolute atomic E-state index is 0.00719. The van der Waals surface area contributed by atoms with Gasteiger partial charge in [-0.1, -0.05) is 25.9 Å². The molecule has 2 atom stereocenters. The molecule has 1 aliphatic heterocycles. The van der Waals surface area contributed by atoms with E-state index in [0.717, 1.165) is 12.1 Å². The maximum absolute atomic E-state index is 12.4. The van der Waals surface area contributed by atoms with Crippen molar-refractivity contribution in [2.24, 2.45) is 17.0 Å². The summed E-state index contributed by atoms with van der Waals surface area (Å²) in [6, 6.07) is 0. The molecular formula is C18H27NO4. The molecule has 5 heteroatoms. The fourth-order valence-electron chi connectivity index (χ4n) is 3.30. The number of aliphatic hydroxyl groups excluding tert-OH is 1. The van der Waals surface area contributed by atoms with Gasteiger partial charge in [0.2, 0.25) is 0 Å². The van der Waals surface area contributed by atoms with Crippen LogP contribution < -0.4 is 0 Å². The molecule has 0 amide bonds. The standard InChI is InChI=1S/C18H27NO4/c1-5-7-14(20)17-15(21)8-12(9-16(17)22)18(4)10-13(19-23-18)11(3)6-2/h11-12,20H,5-10H2,1-4H3. The van der Waals surface area contributed by atoms with Crippen LogP contribution in [0, 0.1) is 11.8 Å². The van der Waals surface area contributed by atoms with Crippen molar-refractivity contribution < 1.29 is 19.5 Å². The van der Waals surface area contributed by atoms with Gasteiger partial charge in [-0.15, -0.1) is 0 Å². The fourth-order valence-corrected chi connectivity index (χ4v) is 3.30. The highest BCUT2D eigenvalue weighted by Gasteiger charge is 2.47. The Morgan fingerprint density at radius 3 is 2.48 bits per heavy atom. The van der Waals surface area contributed by atoms with Gasteiger partial charge in [0.1, 0.15) is 11.4 Å². The Hall–Kier alpha value is -1.65. The summed E-state index contributed by atoms with van der Waals surface area (Å²) in [6.45, 7) is 8.04. The summed E-state index contributed by atoms with van der Waals surface area (Å²) in [5.74, 6) is -0.435. The Balaban J connectivity index is 2.13. The van der Waals surface area contributed by atoms with Crippen molar-refractivity contribution >= 4 is 17.3 Å². The van der Waals surface area contributed by atoms with Gasteiger partial charge in [0.15, 0.2) is 11.6 Å². The van der Waals surface area contributed by atoms with Gasteiger partial charge < -0.3 is 9.94 Å². The third kappa shape index (κ3) is 3.48. The van der Waals surface area contributed by atoms with Crippen LogP contribution >= 0.6 is 0 Å². The predicted octanol–water partition coefficient (Wildman–Crippen LogP) is 3.73. The van der Waals surface area contributed by atoms with Crippen LogP contribution in [0.1, 0.15) is 66.2 Å². The summed E-state index contributed by atoms with van der Waals surface area (Å²) in [4.78, 5) is 30.4. The minimum atomic E-state index is -0.601. The lowest BCUT2D eigenvalue weighted by Crippen LogP contribution is -2.42. The zero-order valence-corrected chi connectivity index (χ0v) is 14.5. The number of allylic oxidation sites excluding steroid dienone is 2. The quantitative estimate of drug-likeness (QED) is 0.475. The molecule has 0 aromatic rings. The van der Waals surface area contributed by atoms with E-state index in [1.807, 2.05) is 13.8 Å². The van der Waals surface area contributed by atoms with Gasteiger partial charge in [-0.2, -0.15) is 0 Å². The van der Waals surface area contributed by atoms with E-state index in [2.05, 4.69) is 19.0 Å². The van der Waals surface area contributed by atoms with Crippen molar-refractivity contribution in [1.29, 1.82) is 0 Å². The van der Waals surface area contributed by atoms with E-state index in [-0.39, 0.29) is 41.7 Å². The smallest absolute Gasteiger partial charge is 0.170 e. The normalized spacial score (nSPS) is 29.3. The van der Waals surface area contributed by atoms with E-state index in [1.165, 1.54) is 0 Å². The molecule has 1 fully saturated rings. The number of oxime groups is 1. The molecule has 2 unspecified atom stereocenters. The molecule has 2 rings (SSSR count). The van der Waals surface area contributed by atoms with Crippen LogP contribution in [0.25, 0.3) is 0 Å². The largest absolute Gasteiger partial charge is 0.511 e. The summed E-state index contributed by atoms with van der Waals surface area (Å²) in [5, 5.41) is 14.2. The highest BCUT2D eigenvalue weighted by molar-refractivity contribution is 6.22. The Morgan fingerprint density at radius 2 is 1.96 bits per heavy atom.